The van der Waals surface area contributed by atoms with Gasteiger partial charge in [0.2, 0.25) is 0 Å². The zero-order chi connectivity index (χ0) is 11.9. The van der Waals surface area contributed by atoms with Gasteiger partial charge in [-0.3, -0.25) is 4.99 Å². The van der Waals surface area contributed by atoms with Crippen LogP contribution in [0.5, 0.6) is 0 Å². The van der Waals surface area contributed by atoms with Crippen molar-refractivity contribution in [3.63, 3.8) is 0 Å². The van der Waals surface area contributed by atoms with Gasteiger partial charge in [-0.15, -0.1) is 0 Å². The Balaban J connectivity index is 2.34. The van der Waals surface area contributed by atoms with E-state index in [1.807, 2.05) is 0 Å². The largest absolute Gasteiger partial charge is 0.257 e. The average Bonchev–Trinajstić information content (AvgIpc) is 2.58. The molecule has 0 bridgehead atoms. The summed E-state index contributed by atoms with van der Waals surface area (Å²) in [5, 5.41) is 0. The standard InChI is InChI=1S/C15H21N/c1-10(2)14-9-11-8-12(15(3,4)5)6-7-13(11)16-14/h6-8,10H,9H2,1-5H3. The number of rotatable bonds is 1. The molecule has 0 fully saturated rings. The van der Waals surface area contributed by atoms with Crippen LogP contribution in [0.15, 0.2) is 23.2 Å². The van der Waals surface area contributed by atoms with Gasteiger partial charge in [0.15, 0.2) is 0 Å². The van der Waals surface area contributed by atoms with Crippen LogP contribution in [0.2, 0.25) is 0 Å². The molecule has 1 heteroatoms. The van der Waals surface area contributed by atoms with Crippen LogP contribution in [0.1, 0.15) is 45.7 Å². The number of benzene rings is 1. The normalized spacial score (nSPS) is 15.2. The zero-order valence-corrected chi connectivity index (χ0v) is 11.0. The Kier molecular flexibility index (Phi) is 2.65. The Bertz CT molecular complexity index is 433. The molecule has 1 aromatic carbocycles. The molecule has 1 aromatic rings. The second-order valence-electron chi connectivity index (χ2n) is 6.03. The lowest BCUT2D eigenvalue weighted by Crippen LogP contribution is -2.11. The summed E-state index contributed by atoms with van der Waals surface area (Å²) in [4.78, 5) is 4.69. The summed E-state index contributed by atoms with van der Waals surface area (Å²) in [6.07, 6.45) is 1.04. The highest BCUT2D eigenvalue weighted by Gasteiger charge is 2.20. The van der Waals surface area contributed by atoms with Crippen molar-refractivity contribution < 1.29 is 0 Å². The van der Waals surface area contributed by atoms with Crippen molar-refractivity contribution in [3.05, 3.63) is 29.3 Å². The lowest BCUT2D eigenvalue weighted by molar-refractivity contribution is 0.590. The van der Waals surface area contributed by atoms with Crippen molar-refractivity contribution in [1.29, 1.82) is 0 Å². The first-order chi connectivity index (χ1) is 7.38. The van der Waals surface area contributed by atoms with Crippen molar-refractivity contribution >= 4 is 11.4 Å². The van der Waals surface area contributed by atoms with Crippen LogP contribution in [-0.2, 0) is 11.8 Å². The molecule has 0 saturated carbocycles. The molecule has 1 nitrogen and oxygen atoms in total. The van der Waals surface area contributed by atoms with Crippen LogP contribution in [0.4, 0.5) is 5.69 Å². The highest BCUT2D eigenvalue weighted by Crippen LogP contribution is 2.33. The maximum absolute atomic E-state index is 4.69. The van der Waals surface area contributed by atoms with E-state index in [-0.39, 0.29) is 5.41 Å². The quantitative estimate of drug-likeness (QED) is 0.663. The summed E-state index contributed by atoms with van der Waals surface area (Å²) < 4.78 is 0. The van der Waals surface area contributed by atoms with Gasteiger partial charge >= 0.3 is 0 Å². The molecule has 0 N–H and O–H groups in total. The molecule has 0 aromatic heterocycles. The van der Waals surface area contributed by atoms with E-state index < -0.39 is 0 Å². The minimum Gasteiger partial charge on any atom is -0.257 e. The van der Waals surface area contributed by atoms with E-state index >= 15 is 0 Å². The van der Waals surface area contributed by atoms with Gasteiger partial charge in [0, 0.05) is 12.1 Å². The summed E-state index contributed by atoms with van der Waals surface area (Å²) in [7, 11) is 0. The molecule has 0 radical (unpaired) electrons. The van der Waals surface area contributed by atoms with E-state index in [1.54, 1.807) is 0 Å². The average molecular weight is 215 g/mol. The first-order valence-corrected chi connectivity index (χ1v) is 6.09. The number of fused-ring (bicyclic) bond motifs is 1. The van der Waals surface area contributed by atoms with E-state index in [4.69, 9.17) is 4.99 Å². The van der Waals surface area contributed by atoms with Crippen LogP contribution in [0.25, 0.3) is 0 Å². The highest BCUT2D eigenvalue weighted by atomic mass is 14.8. The van der Waals surface area contributed by atoms with Crippen molar-refractivity contribution in [2.24, 2.45) is 10.9 Å². The maximum atomic E-state index is 4.69. The fourth-order valence-corrected chi connectivity index (χ4v) is 2.03. The van der Waals surface area contributed by atoms with Crippen molar-refractivity contribution in [2.45, 2.75) is 46.5 Å². The molecule has 16 heavy (non-hydrogen) atoms. The Labute approximate surface area is 98.6 Å². The number of hydrogen-bond acceptors (Lipinski definition) is 1. The van der Waals surface area contributed by atoms with Gasteiger partial charge in [-0.2, -0.15) is 0 Å². The second kappa shape index (κ2) is 3.73. The van der Waals surface area contributed by atoms with Gasteiger partial charge < -0.3 is 0 Å². The lowest BCUT2D eigenvalue weighted by Gasteiger charge is -2.19. The van der Waals surface area contributed by atoms with E-state index in [0.29, 0.717) is 5.92 Å². The number of hydrogen-bond donors (Lipinski definition) is 0. The third-order valence-corrected chi connectivity index (χ3v) is 3.25. The van der Waals surface area contributed by atoms with Crippen LogP contribution in [0, 0.1) is 5.92 Å². The van der Waals surface area contributed by atoms with E-state index in [1.165, 1.54) is 22.5 Å². The first-order valence-electron chi connectivity index (χ1n) is 6.09. The summed E-state index contributed by atoms with van der Waals surface area (Å²) in [6.45, 7) is 11.2. The van der Waals surface area contributed by atoms with Crippen molar-refractivity contribution in [2.75, 3.05) is 0 Å². The van der Waals surface area contributed by atoms with Gasteiger partial charge in [-0.1, -0.05) is 46.8 Å². The SMILES string of the molecule is CC(C)C1=Nc2ccc(C(C)(C)C)cc2C1. The minimum atomic E-state index is 0.232. The van der Waals surface area contributed by atoms with E-state index in [9.17, 15) is 0 Å². The third kappa shape index (κ3) is 2.04. The van der Waals surface area contributed by atoms with Gasteiger partial charge in [-0.05, 0) is 28.5 Å². The molecule has 2 rings (SSSR count). The van der Waals surface area contributed by atoms with Gasteiger partial charge in [0.25, 0.3) is 0 Å². The van der Waals surface area contributed by atoms with Gasteiger partial charge in [0.05, 0.1) is 5.69 Å². The lowest BCUT2D eigenvalue weighted by atomic mass is 9.85. The van der Waals surface area contributed by atoms with E-state index in [2.05, 4.69) is 52.8 Å². The zero-order valence-electron chi connectivity index (χ0n) is 11.0. The molecule has 0 saturated heterocycles. The number of nitrogens with zero attached hydrogens (tertiary/aromatic N) is 1. The molecule has 0 spiro atoms. The van der Waals surface area contributed by atoms with Gasteiger partial charge in [-0.25, -0.2) is 0 Å². The summed E-state index contributed by atoms with van der Waals surface area (Å²) >= 11 is 0. The van der Waals surface area contributed by atoms with E-state index in [0.717, 1.165) is 6.42 Å². The number of aliphatic imine (C=N–C) groups is 1. The van der Waals surface area contributed by atoms with Crippen LogP contribution in [0.3, 0.4) is 0 Å². The Morgan fingerprint density at radius 3 is 2.44 bits per heavy atom. The van der Waals surface area contributed by atoms with Crippen LogP contribution >= 0.6 is 0 Å². The fraction of sp³-hybridized carbons (Fsp3) is 0.533. The van der Waals surface area contributed by atoms with Crippen LogP contribution in [-0.4, -0.2) is 5.71 Å². The molecule has 0 atom stereocenters. The summed E-state index contributed by atoms with van der Waals surface area (Å²) in [6, 6.07) is 6.71. The molecule has 0 unspecified atom stereocenters. The minimum absolute atomic E-state index is 0.232. The summed E-state index contributed by atoms with van der Waals surface area (Å²) in [5.74, 6) is 0.561. The Morgan fingerprint density at radius 2 is 1.88 bits per heavy atom. The molecule has 1 aliphatic rings. The van der Waals surface area contributed by atoms with Crippen molar-refractivity contribution in [1.82, 2.24) is 0 Å². The molecule has 1 aliphatic heterocycles. The molecule has 0 aliphatic carbocycles. The van der Waals surface area contributed by atoms with Crippen molar-refractivity contribution in [3.8, 4) is 0 Å². The maximum Gasteiger partial charge on any atom is 0.0665 e. The molecule has 86 valence electrons. The predicted octanol–water partition coefficient (Wildman–Crippen LogP) is 4.27. The Morgan fingerprint density at radius 1 is 1.19 bits per heavy atom. The molecular formula is C15H21N. The molecule has 0 amide bonds. The fourth-order valence-electron chi connectivity index (χ4n) is 2.03. The summed E-state index contributed by atoms with van der Waals surface area (Å²) in [5.41, 5.74) is 5.54. The molecular weight excluding hydrogens is 194 g/mol. The van der Waals surface area contributed by atoms with Crippen LogP contribution < -0.4 is 0 Å². The second-order valence-corrected chi connectivity index (χ2v) is 6.03. The molecule has 1 heterocycles. The highest BCUT2D eigenvalue weighted by molar-refractivity contribution is 5.95. The third-order valence-electron chi connectivity index (χ3n) is 3.25. The smallest absolute Gasteiger partial charge is 0.0665 e. The first kappa shape index (κ1) is 11.4. The monoisotopic (exact) mass is 215 g/mol. The Hall–Kier alpha value is -1.11. The van der Waals surface area contributed by atoms with Gasteiger partial charge in [0.1, 0.15) is 0 Å². The predicted molar refractivity (Wildman–Crippen MR) is 70.8 cm³/mol. The topological polar surface area (TPSA) is 12.4 Å².